The summed E-state index contributed by atoms with van der Waals surface area (Å²) in [6, 6.07) is 4.12. The highest BCUT2D eigenvalue weighted by atomic mass is 35.5. The summed E-state index contributed by atoms with van der Waals surface area (Å²) in [4.78, 5) is 25.1. The molecular weight excluding hydrogens is 378 g/mol. The number of thiazole rings is 1. The molecule has 0 unspecified atom stereocenters. The molecule has 0 saturated carbocycles. The smallest absolute Gasteiger partial charge is 0.265 e. The average molecular weight is 394 g/mol. The zero-order valence-electron chi connectivity index (χ0n) is 13.6. The number of thiophene rings is 1. The number of carbonyl (C=O) groups excluding carboxylic acids is 1. The maximum absolute atomic E-state index is 12.9. The SMILES string of the molecule is Cc1nc(-c2ccc(Cl)s2)sc1C(=O)N1CCC(n2cncn2)CC1. The summed E-state index contributed by atoms with van der Waals surface area (Å²) in [5.74, 6) is 0.0703. The van der Waals surface area contributed by atoms with Crippen molar-refractivity contribution < 1.29 is 4.79 Å². The fourth-order valence-electron chi connectivity index (χ4n) is 3.01. The standard InChI is InChI=1S/C16H16ClN5OS2/c1-10-14(25-15(20-10)12-2-3-13(17)24-12)16(23)21-6-4-11(5-7-21)22-9-18-8-19-22/h2-3,8-9,11H,4-7H2,1H3. The number of hydrogen-bond acceptors (Lipinski definition) is 6. The van der Waals surface area contributed by atoms with Crippen LogP contribution in [0.5, 0.6) is 0 Å². The van der Waals surface area contributed by atoms with E-state index in [-0.39, 0.29) is 5.91 Å². The van der Waals surface area contributed by atoms with Crippen LogP contribution in [0.1, 0.15) is 34.2 Å². The Hall–Kier alpha value is -1.77. The van der Waals surface area contributed by atoms with Crippen molar-refractivity contribution in [2.45, 2.75) is 25.8 Å². The van der Waals surface area contributed by atoms with Crippen LogP contribution in [0.4, 0.5) is 0 Å². The number of nitrogens with zero attached hydrogens (tertiary/aromatic N) is 5. The molecule has 0 N–H and O–H groups in total. The zero-order valence-corrected chi connectivity index (χ0v) is 15.9. The van der Waals surface area contributed by atoms with Gasteiger partial charge in [0.1, 0.15) is 22.5 Å². The molecule has 1 fully saturated rings. The molecule has 6 nitrogen and oxygen atoms in total. The molecule has 4 heterocycles. The van der Waals surface area contributed by atoms with Crippen LogP contribution in [0.25, 0.3) is 9.88 Å². The number of aryl methyl sites for hydroxylation is 1. The van der Waals surface area contributed by atoms with Crippen LogP contribution in [0.3, 0.4) is 0 Å². The van der Waals surface area contributed by atoms with Crippen LogP contribution in [0.2, 0.25) is 4.34 Å². The number of hydrogen-bond donors (Lipinski definition) is 0. The maximum Gasteiger partial charge on any atom is 0.265 e. The van der Waals surface area contributed by atoms with Crippen LogP contribution in [0.15, 0.2) is 24.8 Å². The Balaban J connectivity index is 1.47. The molecule has 4 rings (SSSR count). The molecule has 3 aromatic rings. The Morgan fingerprint density at radius 3 is 2.72 bits per heavy atom. The highest BCUT2D eigenvalue weighted by Crippen LogP contribution is 2.35. The molecule has 0 aliphatic carbocycles. The first-order valence-electron chi connectivity index (χ1n) is 7.98. The van der Waals surface area contributed by atoms with Gasteiger partial charge in [-0.2, -0.15) is 5.10 Å². The maximum atomic E-state index is 12.9. The second-order valence-corrected chi connectivity index (χ2v) is 8.65. The molecule has 0 bridgehead atoms. The molecule has 9 heteroatoms. The molecule has 0 aromatic carbocycles. The first-order chi connectivity index (χ1) is 12.1. The van der Waals surface area contributed by atoms with E-state index in [0.717, 1.165) is 50.7 Å². The molecule has 130 valence electrons. The van der Waals surface area contributed by atoms with Gasteiger partial charge in [0.2, 0.25) is 0 Å². The largest absolute Gasteiger partial charge is 0.338 e. The minimum Gasteiger partial charge on any atom is -0.338 e. The second kappa shape index (κ2) is 6.86. The fraction of sp³-hybridized carbons (Fsp3) is 0.375. The highest BCUT2D eigenvalue weighted by molar-refractivity contribution is 7.24. The predicted octanol–water partition coefficient (Wildman–Crippen LogP) is 3.90. The van der Waals surface area contributed by atoms with E-state index in [4.69, 9.17) is 11.6 Å². The summed E-state index contributed by atoms with van der Waals surface area (Å²) in [7, 11) is 0. The molecule has 0 radical (unpaired) electrons. The zero-order chi connectivity index (χ0) is 17.4. The van der Waals surface area contributed by atoms with Crippen molar-refractivity contribution >= 4 is 40.2 Å². The Kier molecular flexibility index (Phi) is 4.58. The van der Waals surface area contributed by atoms with Gasteiger partial charge in [-0.25, -0.2) is 14.6 Å². The van der Waals surface area contributed by atoms with Crippen molar-refractivity contribution in [3.63, 3.8) is 0 Å². The van der Waals surface area contributed by atoms with E-state index >= 15 is 0 Å². The summed E-state index contributed by atoms with van der Waals surface area (Å²) in [6.45, 7) is 3.34. The summed E-state index contributed by atoms with van der Waals surface area (Å²) in [5, 5.41) is 5.06. The number of carbonyl (C=O) groups is 1. The van der Waals surface area contributed by atoms with Gasteiger partial charge in [-0.3, -0.25) is 4.79 Å². The quantitative estimate of drug-likeness (QED) is 0.676. The van der Waals surface area contributed by atoms with Crippen LogP contribution in [-0.4, -0.2) is 43.6 Å². The van der Waals surface area contributed by atoms with E-state index in [1.807, 2.05) is 28.6 Å². The van der Waals surface area contributed by atoms with E-state index < -0.39 is 0 Å². The molecule has 3 aromatic heterocycles. The number of piperidine rings is 1. The number of halogens is 1. The minimum absolute atomic E-state index is 0.0703. The molecule has 25 heavy (non-hydrogen) atoms. The third kappa shape index (κ3) is 3.33. The van der Waals surface area contributed by atoms with Crippen LogP contribution in [-0.2, 0) is 0 Å². The summed E-state index contributed by atoms with van der Waals surface area (Å²) < 4.78 is 2.62. The number of rotatable bonds is 3. The monoisotopic (exact) mass is 393 g/mol. The van der Waals surface area contributed by atoms with Crippen molar-refractivity contribution in [3.8, 4) is 9.88 Å². The van der Waals surface area contributed by atoms with E-state index in [1.54, 1.807) is 12.7 Å². The van der Waals surface area contributed by atoms with Crippen molar-refractivity contribution in [2.24, 2.45) is 0 Å². The Bertz CT molecular complexity index is 880. The Morgan fingerprint density at radius 2 is 2.08 bits per heavy atom. The van der Waals surface area contributed by atoms with Crippen molar-refractivity contribution in [3.05, 3.63) is 39.7 Å². The summed E-state index contributed by atoms with van der Waals surface area (Å²) in [5.41, 5.74) is 0.785. The van der Waals surface area contributed by atoms with E-state index in [0.29, 0.717) is 6.04 Å². The molecule has 1 aliphatic rings. The summed E-state index contributed by atoms with van der Waals surface area (Å²) >= 11 is 8.94. The molecule has 0 atom stereocenters. The Morgan fingerprint density at radius 1 is 1.28 bits per heavy atom. The van der Waals surface area contributed by atoms with Crippen molar-refractivity contribution in [1.82, 2.24) is 24.6 Å². The molecule has 1 saturated heterocycles. The third-order valence-electron chi connectivity index (χ3n) is 4.34. The fourth-order valence-corrected chi connectivity index (χ4v) is 5.14. The van der Waals surface area contributed by atoms with Crippen LogP contribution in [0, 0.1) is 6.92 Å². The predicted molar refractivity (Wildman–Crippen MR) is 99.4 cm³/mol. The molecular formula is C16H16ClN5OS2. The number of aromatic nitrogens is 4. The third-order valence-corrected chi connectivity index (χ3v) is 6.88. The van der Waals surface area contributed by atoms with Gasteiger partial charge in [0.25, 0.3) is 5.91 Å². The number of amides is 1. The van der Waals surface area contributed by atoms with Crippen LogP contribution >= 0.6 is 34.3 Å². The minimum atomic E-state index is 0.0703. The van der Waals surface area contributed by atoms with Crippen molar-refractivity contribution in [1.29, 1.82) is 0 Å². The van der Waals surface area contributed by atoms with Crippen LogP contribution < -0.4 is 0 Å². The van der Waals surface area contributed by atoms with E-state index in [9.17, 15) is 4.79 Å². The van der Waals surface area contributed by atoms with E-state index in [2.05, 4.69) is 15.1 Å². The van der Waals surface area contributed by atoms with Gasteiger partial charge in [-0.05, 0) is 31.9 Å². The van der Waals surface area contributed by atoms with Gasteiger partial charge >= 0.3 is 0 Å². The lowest BCUT2D eigenvalue weighted by Gasteiger charge is -2.31. The molecule has 0 spiro atoms. The van der Waals surface area contributed by atoms with E-state index in [1.165, 1.54) is 22.7 Å². The lowest BCUT2D eigenvalue weighted by molar-refractivity contribution is 0.0694. The normalized spacial score (nSPS) is 15.7. The topological polar surface area (TPSA) is 63.9 Å². The van der Waals surface area contributed by atoms with Gasteiger partial charge < -0.3 is 4.90 Å². The van der Waals surface area contributed by atoms with Crippen molar-refractivity contribution in [2.75, 3.05) is 13.1 Å². The summed E-state index contributed by atoms with van der Waals surface area (Å²) in [6.07, 6.45) is 5.07. The van der Waals surface area contributed by atoms with Gasteiger partial charge in [0, 0.05) is 13.1 Å². The second-order valence-electron chi connectivity index (χ2n) is 5.94. The average Bonchev–Trinajstić information content (AvgIpc) is 3.35. The highest BCUT2D eigenvalue weighted by Gasteiger charge is 2.27. The van der Waals surface area contributed by atoms with Gasteiger partial charge in [-0.1, -0.05) is 11.6 Å². The first-order valence-corrected chi connectivity index (χ1v) is 9.99. The van der Waals surface area contributed by atoms with Gasteiger partial charge in [-0.15, -0.1) is 22.7 Å². The lowest BCUT2D eigenvalue weighted by Crippen LogP contribution is -2.39. The number of likely N-dealkylation sites (tertiary alicyclic amines) is 1. The van der Waals surface area contributed by atoms with Gasteiger partial charge in [0.15, 0.2) is 0 Å². The lowest BCUT2D eigenvalue weighted by atomic mass is 10.1. The molecule has 1 amide bonds. The van der Waals surface area contributed by atoms with Gasteiger partial charge in [0.05, 0.1) is 20.9 Å². The first kappa shape index (κ1) is 16.7. The Labute approximate surface area is 158 Å². The molecule has 1 aliphatic heterocycles.